The van der Waals surface area contributed by atoms with Crippen molar-refractivity contribution >= 4 is 11.9 Å². The number of allylic oxidation sites excluding steroid dienone is 1. The molecular weight excluding hydrogens is 232 g/mol. The Hall–Kier alpha value is -2.17. The molecule has 0 saturated carbocycles. The number of unbranched alkanes of at least 4 members (excludes halogenated alkanes) is 1. The lowest BCUT2D eigenvalue weighted by molar-refractivity contribution is -0.139. The second kappa shape index (κ2) is 7.21. The monoisotopic (exact) mass is 248 g/mol. The minimum atomic E-state index is -1.03. The summed E-state index contributed by atoms with van der Waals surface area (Å²) in [7, 11) is 0. The molecule has 1 aromatic rings. The summed E-state index contributed by atoms with van der Waals surface area (Å²) < 4.78 is 0. The van der Waals surface area contributed by atoms with Crippen molar-refractivity contribution in [2.24, 2.45) is 0 Å². The molecule has 0 bridgehead atoms. The van der Waals surface area contributed by atoms with Crippen LogP contribution in [0.1, 0.15) is 29.6 Å². The lowest BCUT2D eigenvalue weighted by Crippen LogP contribution is -2.40. The van der Waals surface area contributed by atoms with Gasteiger partial charge in [-0.3, -0.25) is 9.78 Å². The van der Waals surface area contributed by atoms with Crippen LogP contribution in [0, 0.1) is 0 Å². The van der Waals surface area contributed by atoms with E-state index in [2.05, 4.69) is 16.9 Å². The molecule has 1 atom stereocenters. The normalized spacial score (nSPS) is 11.6. The molecule has 0 aliphatic carbocycles. The summed E-state index contributed by atoms with van der Waals surface area (Å²) in [5, 5.41) is 11.5. The highest BCUT2D eigenvalue weighted by atomic mass is 16.4. The van der Waals surface area contributed by atoms with Crippen LogP contribution in [0.5, 0.6) is 0 Å². The van der Waals surface area contributed by atoms with E-state index in [0.717, 1.165) is 6.42 Å². The zero-order valence-electron chi connectivity index (χ0n) is 10.0. The van der Waals surface area contributed by atoms with E-state index < -0.39 is 17.9 Å². The van der Waals surface area contributed by atoms with Crippen molar-refractivity contribution in [1.82, 2.24) is 10.3 Å². The third-order valence-corrected chi connectivity index (χ3v) is 2.45. The van der Waals surface area contributed by atoms with Crippen molar-refractivity contribution in [3.8, 4) is 0 Å². The van der Waals surface area contributed by atoms with Crippen molar-refractivity contribution in [3.05, 3.63) is 42.7 Å². The molecule has 5 nitrogen and oxygen atoms in total. The quantitative estimate of drug-likeness (QED) is 0.567. The van der Waals surface area contributed by atoms with Crippen molar-refractivity contribution in [2.45, 2.75) is 25.3 Å². The van der Waals surface area contributed by atoms with Gasteiger partial charge in [-0.2, -0.15) is 0 Å². The van der Waals surface area contributed by atoms with Gasteiger partial charge in [0.1, 0.15) is 6.04 Å². The predicted molar refractivity (Wildman–Crippen MR) is 67.2 cm³/mol. The molecule has 1 heterocycles. The van der Waals surface area contributed by atoms with E-state index in [9.17, 15) is 9.59 Å². The zero-order chi connectivity index (χ0) is 13.4. The molecule has 0 fully saturated rings. The summed E-state index contributed by atoms with van der Waals surface area (Å²) in [6, 6.07) is 2.21. The largest absolute Gasteiger partial charge is 0.480 e. The van der Waals surface area contributed by atoms with Gasteiger partial charge in [0.2, 0.25) is 0 Å². The summed E-state index contributed by atoms with van der Waals surface area (Å²) in [6.45, 7) is 3.57. The van der Waals surface area contributed by atoms with Crippen LogP contribution in [0.3, 0.4) is 0 Å². The molecule has 0 saturated heterocycles. The molecule has 0 radical (unpaired) electrons. The number of carboxylic acids is 1. The summed E-state index contributed by atoms with van der Waals surface area (Å²) in [4.78, 5) is 26.6. The predicted octanol–water partition coefficient (Wildman–Crippen LogP) is 1.62. The smallest absolute Gasteiger partial charge is 0.326 e. The van der Waals surface area contributed by atoms with Gasteiger partial charge in [-0.15, -0.1) is 6.58 Å². The number of aliphatic carboxylic acids is 1. The van der Waals surface area contributed by atoms with E-state index >= 15 is 0 Å². The van der Waals surface area contributed by atoms with Crippen LogP contribution in [-0.4, -0.2) is 28.0 Å². The maximum absolute atomic E-state index is 11.8. The molecule has 96 valence electrons. The van der Waals surface area contributed by atoms with Gasteiger partial charge in [0.25, 0.3) is 5.91 Å². The highest BCUT2D eigenvalue weighted by Gasteiger charge is 2.19. The second-order valence-corrected chi connectivity index (χ2v) is 3.82. The lowest BCUT2D eigenvalue weighted by atomic mass is 10.1. The fraction of sp³-hybridized carbons (Fsp3) is 0.308. The molecule has 18 heavy (non-hydrogen) atoms. The first-order valence-electron chi connectivity index (χ1n) is 5.69. The number of carboxylic acid groups (broad SMARTS) is 1. The molecule has 0 unspecified atom stereocenters. The highest BCUT2D eigenvalue weighted by Crippen LogP contribution is 2.04. The van der Waals surface area contributed by atoms with Crippen molar-refractivity contribution < 1.29 is 14.7 Å². The average molecular weight is 248 g/mol. The number of rotatable bonds is 7. The Morgan fingerprint density at radius 3 is 2.67 bits per heavy atom. The van der Waals surface area contributed by atoms with Crippen LogP contribution < -0.4 is 5.32 Å². The summed E-state index contributed by atoms with van der Waals surface area (Å²) >= 11 is 0. The number of carbonyl (C=O) groups excluding carboxylic acids is 1. The fourth-order valence-electron chi connectivity index (χ4n) is 1.47. The third kappa shape index (κ3) is 4.37. The third-order valence-electron chi connectivity index (χ3n) is 2.45. The van der Waals surface area contributed by atoms with E-state index in [4.69, 9.17) is 5.11 Å². The maximum atomic E-state index is 11.8. The fourth-order valence-corrected chi connectivity index (χ4v) is 1.47. The standard InChI is InChI=1S/C13H16N2O3/c1-2-3-4-5-11(13(17)18)15-12(16)10-6-8-14-9-7-10/h2,6-9,11H,1,3-5H2,(H,15,16)(H,17,18)/t11-/m0/s1. The Balaban J connectivity index is 2.58. The highest BCUT2D eigenvalue weighted by molar-refractivity contribution is 5.96. The second-order valence-electron chi connectivity index (χ2n) is 3.82. The van der Waals surface area contributed by atoms with Crippen LogP contribution in [-0.2, 0) is 4.79 Å². The first-order chi connectivity index (χ1) is 8.65. The molecular formula is C13H16N2O3. The van der Waals surface area contributed by atoms with Gasteiger partial charge in [-0.25, -0.2) is 4.79 Å². The van der Waals surface area contributed by atoms with Crippen LogP contribution in [0.2, 0.25) is 0 Å². The molecule has 0 aromatic carbocycles. The molecule has 1 amide bonds. The van der Waals surface area contributed by atoms with Gasteiger partial charge in [-0.05, 0) is 31.4 Å². The van der Waals surface area contributed by atoms with E-state index in [0.29, 0.717) is 18.4 Å². The minimum Gasteiger partial charge on any atom is -0.480 e. The number of aromatic nitrogens is 1. The molecule has 0 aliphatic heterocycles. The Labute approximate surface area is 106 Å². The van der Waals surface area contributed by atoms with Crippen LogP contribution in [0.4, 0.5) is 0 Å². The topological polar surface area (TPSA) is 79.3 Å². The molecule has 0 spiro atoms. The maximum Gasteiger partial charge on any atom is 0.326 e. The van der Waals surface area contributed by atoms with E-state index in [1.807, 2.05) is 0 Å². The number of nitrogens with one attached hydrogen (secondary N) is 1. The Morgan fingerprint density at radius 2 is 2.11 bits per heavy atom. The Bertz CT molecular complexity index is 418. The number of amides is 1. The number of nitrogens with zero attached hydrogens (tertiary/aromatic N) is 1. The lowest BCUT2D eigenvalue weighted by Gasteiger charge is -2.13. The van der Waals surface area contributed by atoms with Gasteiger partial charge in [0.15, 0.2) is 0 Å². The van der Waals surface area contributed by atoms with Gasteiger partial charge >= 0.3 is 5.97 Å². The van der Waals surface area contributed by atoms with E-state index in [1.54, 1.807) is 6.08 Å². The Kier molecular flexibility index (Phi) is 5.57. The van der Waals surface area contributed by atoms with Gasteiger partial charge in [-0.1, -0.05) is 6.08 Å². The molecule has 1 rings (SSSR count). The van der Waals surface area contributed by atoms with Gasteiger partial charge in [0.05, 0.1) is 0 Å². The SMILES string of the molecule is C=CCCC[C@H](NC(=O)c1ccncc1)C(=O)O. The number of hydrogen-bond acceptors (Lipinski definition) is 3. The number of hydrogen-bond donors (Lipinski definition) is 2. The van der Waals surface area contributed by atoms with Gasteiger partial charge < -0.3 is 10.4 Å². The van der Waals surface area contributed by atoms with E-state index in [1.165, 1.54) is 24.5 Å². The van der Waals surface area contributed by atoms with Crippen molar-refractivity contribution in [2.75, 3.05) is 0 Å². The summed E-state index contributed by atoms with van der Waals surface area (Å²) in [6.07, 6.45) is 6.50. The Morgan fingerprint density at radius 1 is 1.44 bits per heavy atom. The number of carbonyl (C=O) groups is 2. The molecule has 0 aliphatic rings. The summed E-state index contributed by atoms with van der Waals surface area (Å²) in [5.41, 5.74) is 0.403. The van der Waals surface area contributed by atoms with Crippen LogP contribution in [0.25, 0.3) is 0 Å². The van der Waals surface area contributed by atoms with Crippen LogP contribution in [0.15, 0.2) is 37.2 Å². The molecule has 2 N–H and O–H groups in total. The van der Waals surface area contributed by atoms with E-state index in [-0.39, 0.29) is 0 Å². The number of pyridine rings is 1. The molecule has 5 heteroatoms. The minimum absolute atomic E-state index is 0.387. The molecule has 1 aromatic heterocycles. The van der Waals surface area contributed by atoms with Crippen molar-refractivity contribution in [3.63, 3.8) is 0 Å². The first kappa shape index (κ1) is 13.9. The van der Waals surface area contributed by atoms with Gasteiger partial charge in [0, 0.05) is 18.0 Å². The van der Waals surface area contributed by atoms with Crippen LogP contribution >= 0.6 is 0 Å². The average Bonchev–Trinajstić information content (AvgIpc) is 2.38. The first-order valence-corrected chi connectivity index (χ1v) is 5.69. The zero-order valence-corrected chi connectivity index (χ0v) is 10.0. The van der Waals surface area contributed by atoms with Crippen molar-refractivity contribution in [1.29, 1.82) is 0 Å². The summed E-state index contributed by atoms with van der Waals surface area (Å²) in [5.74, 6) is -1.43.